The van der Waals surface area contributed by atoms with Gasteiger partial charge in [-0.25, -0.2) is 10.2 Å². The molecule has 1 aromatic carbocycles. The first-order valence-electron chi connectivity index (χ1n) is 5.97. The Morgan fingerprint density at radius 1 is 1.37 bits per heavy atom. The van der Waals surface area contributed by atoms with Gasteiger partial charge in [-0.3, -0.25) is 10.9 Å². The van der Waals surface area contributed by atoms with E-state index in [1.54, 1.807) is 24.3 Å². The Hall–Kier alpha value is -2.28. The highest BCUT2D eigenvalue weighted by Crippen LogP contribution is 2.10. The number of phenols is 1. The van der Waals surface area contributed by atoms with E-state index in [0.717, 1.165) is 11.3 Å². The molecule has 1 heterocycles. The number of benzene rings is 1. The lowest BCUT2D eigenvalue weighted by Gasteiger charge is -2.30. The van der Waals surface area contributed by atoms with Crippen LogP contribution in [0.2, 0.25) is 0 Å². The molecule has 0 aromatic heterocycles. The zero-order valence-corrected chi connectivity index (χ0v) is 10.8. The standard InChI is InChI=1S/C12H17N5O2/c1-7(9-3-5-10(18)6-4-9)14-16-11-8(2)15-17-12(19)13-11/h3-6,8,11,15-16,18H,1-2H3,(H2,13,17,19)/b14-7+. The first kappa shape index (κ1) is 13.2. The second-order valence-corrected chi connectivity index (χ2v) is 4.38. The molecular weight excluding hydrogens is 246 g/mol. The molecule has 0 aliphatic carbocycles. The molecule has 19 heavy (non-hydrogen) atoms. The molecule has 0 saturated carbocycles. The number of hydrogen-bond acceptors (Lipinski definition) is 5. The molecule has 5 N–H and O–H groups in total. The summed E-state index contributed by atoms with van der Waals surface area (Å²) in [5, 5.41) is 16.2. The van der Waals surface area contributed by atoms with Gasteiger partial charge in [-0.1, -0.05) is 0 Å². The van der Waals surface area contributed by atoms with E-state index in [-0.39, 0.29) is 24.0 Å². The highest BCUT2D eigenvalue weighted by Gasteiger charge is 2.23. The quantitative estimate of drug-likeness (QED) is 0.398. The van der Waals surface area contributed by atoms with Gasteiger partial charge in [0.25, 0.3) is 0 Å². The lowest BCUT2D eigenvalue weighted by atomic mass is 10.1. The Morgan fingerprint density at radius 3 is 2.74 bits per heavy atom. The van der Waals surface area contributed by atoms with Gasteiger partial charge in [-0.05, 0) is 43.7 Å². The molecule has 2 atom stereocenters. The van der Waals surface area contributed by atoms with E-state index in [4.69, 9.17) is 0 Å². The summed E-state index contributed by atoms with van der Waals surface area (Å²) in [7, 11) is 0. The number of nitrogens with one attached hydrogen (secondary N) is 4. The molecule has 1 saturated heterocycles. The Morgan fingerprint density at radius 2 is 2.05 bits per heavy atom. The third-order valence-corrected chi connectivity index (χ3v) is 2.86. The average molecular weight is 263 g/mol. The summed E-state index contributed by atoms with van der Waals surface area (Å²) in [6.07, 6.45) is -0.291. The Bertz CT molecular complexity index is 485. The van der Waals surface area contributed by atoms with E-state index < -0.39 is 0 Å². The minimum absolute atomic E-state index is 0.00549. The third kappa shape index (κ3) is 3.35. The number of rotatable bonds is 3. The molecule has 2 rings (SSSR count). The minimum atomic E-state index is -0.298. The number of carbonyl (C=O) groups excluding carboxylic acids is 1. The first-order valence-corrected chi connectivity index (χ1v) is 5.97. The van der Waals surface area contributed by atoms with Crippen LogP contribution in [0.3, 0.4) is 0 Å². The fourth-order valence-corrected chi connectivity index (χ4v) is 1.64. The van der Waals surface area contributed by atoms with Gasteiger partial charge >= 0.3 is 6.03 Å². The Balaban J connectivity index is 2.01. The van der Waals surface area contributed by atoms with E-state index in [0.29, 0.717) is 0 Å². The van der Waals surface area contributed by atoms with Crippen LogP contribution in [-0.4, -0.2) is 29.1 Å². The second kappa shape index (κ2) is 5.57. The normalized spacial score (nSPS) is 23.5. The number of carbonyl (C=O) groups is 1. The van der Waals surface area contributed by atoms with Crippen LogP contribution in [-0.2, 0) is 0 Å². The summed E-state index contributed by atoms with van der Waals surface area (Å²) in [6, 6.07) is 6.45. The average Bonchev–Trinajstić information content (AvgIpc) is 2.40. The monoisotopic (exact) mass is 263 g/mol. The topological polar surface area (TPSA) is 97.8 Å². The number of hydrogen-bond donors (Lipinski definition) is 5. The van der Waals surface area contributed by atoms with Crippen LogP contribution < -0.4 is 21.6 Å². The van der Waals surface area contributed by atoms with E-state index in [9.17, 15) is 9.90 Å². The molecule has 1 aliphatic rings. The zero-order valence-electron chi connectivity index (χ0n) is 10.8. The van der Waals surface area contributed by atoms with Crippen molar-refractivity contribution in [3.63, 3.8) is 0 Å². The number of amides is 2. The van der Waals surface area contributed by atoms with E-state index in [1.807, 2.05) is 13.8 Å². The number of hydrazine groups is 1. The highest BCUT2D eigenvalue weighted by atomic mass is 16.3. The van der Waals surface area contributed by atoms with E-state index in [2.05, 4.69) is 26.7 Å². The van der Waals surface area contributed by atoms with Crippen LogP contribution in [0.1, 0.15) is 19.4 Å². The van der Waals surface area contributed by atoms with Crippen LogP contribution in [0.4, 0.5) is 4.79 Å². The molecule has 0 radical (unpaired) electrons. The molecule has 2 amide bonds. The van der Waals surface area contributed by atoms with Gasteiger partial charge in [0.1, 0.15) is 11.9 Å². The fraction of sp³-hybridized carbons (Fsp3) is 0.333. The molecule has 7 nitrogen and oxygen atoms in total. The van der Waals surface area contributed by atoms with Crippen LogP contribution in [0, 0.1) is 0 Å². The largest absolute Gasteiger partial charge is 0.508 e. The van der Waals surface area contributed by atoms with Crippen molar-refractivity contribution < 1.29 is 9.90 Å². The summed E-state index contributed by atoms with van der Waals surface area (Å²) >= 11 is 0. The summed E-state index contributed by atoms with van der Waals surface area (Å²) < 4.78 is 0. The van der Waals surface area contributed by atoms with E-state index in [1.165, 1.54) is 0 Å². The van der Waals surface area contributed by atoms with Crippen molar-refractivity contribution in [2.24, 2.45) is 5.10 Å². The van der Waals surface area contributed by atoms with Crippen LogP contribution >= 0.6 is 0 Å². The Kier molecular flexibility index (Phi) is 3.86. The molecule has 7 heteroatoms. The van der Waals surface area contributed by atoms with Crippen molar-refractivity contribution in [3.05, 3.63) is 29.8 Å². The van der Waals surface area contributed by atoms with Gasteiger partial charge in [-0.15, -0.1) is 0 Å². The second-order valence-electron chi connectivity index (χ2n) is 4.38. The molecule has 1 aliphatic heterocycles. The number of nitrogens with zero attached hydrogens (tertiary/aromatic N) is 1. The van der Waals surface area contributed by atoms with Crippen LogP contribution in [0.15, 0.2) is 29.4 Å². The van der Waals surface area contributed by atoms with Crippen molar-refractivity contribution >= 4 is 11.7 Å². The maximum Gasteiger partial charge on any atom is 0.330 e. The maximum atomic E-state index is 11.2. The van der Waals surface area contributed by atoms with Crippen LogP contribution in [0.5, 0.6) is 5.75 Å². The van der Waals surface area contributed by atoms with Gasteiger partial charge in [0.15, 0.2) is 0 Å². The smallest absolute Gasteiger partial charge is 0.330 e. The SMILES string of the molecule is C/C(=N\NC1NC(=O)NNC1C)c1ccc(O)cc1. The molecule has 1 fully saturated rings. The Labute approximate surface area is 111 Å². The van der Waals surface area contributed by atoms with Crippen molar-refractivity contribution in [1.29, 1.82) is 0 Å². The summed E-state index contributed by atoms with van der Waals surface area (Å²) in [4.78, 5) is 11.2. The molecule has 1 aromatic rings. The van der Waals surface area contributed by atoms with E-state index >= 15 is 0 Å². The number of hydrazone groups is 1. The molecule has 0 spiro atoms. The van der Waals surface area contributed by atoms with Crippen molar-refractivity contribution in [2.45, 2.75) is 26.1 Å². The van der Waals surface area contributed by atoms with Crippen LogP contribution in [0.25, 0.3) is 0 Å². The van der Waals surface area contributed by atoms with Gasteiger partial charge in [0, 0.05) is 0 Å². The molecular formula is C12H17N5O2. The lowest BCUT2D eigenvalue weighted by molar-refractivity contribution is 0.202. The molecule has 102 valence electrons. The fourth-order valence-electron chi connectivity index (χ4n) is 1.64. The molecule has 2 unspecified atom stereocenters. The van der Waals surface area contributed by atoms with Gasteiger partial charge in [0.2, 0.25) is 0 Å². The van der Waals surface area contributed by atoms with Crippen molar-refractivity contribution in [1.82, 2.24) is 21.6 Å². The number of aromatic hydroxyl groups is 1. The molecule has 0 bridgehead atoms. The zero-order chi connectivity index (χ0) is 13.8. The summed E-state index contributed by atoms with van der Waals surface area (Å²) in [6.45, 7) is 3.76. The van der Waals surface area contributed by atoms with Gasteiger partial charge in [0.05, 0.1) is 11.8 Å². The number of phenolic OH excluding ortho intramolecular Hbond substituents is 1. The van der Waals surface area contributed by atoms with Gasteiger partial charge in [-0.2, -0.15) is 5.10 Å². The minimum Gasteiger partial charge on any atom is -0.508 e. The maximum absolute atomic E-state index is 11.2. The van der Waals surface area contributed by atoms with Crippen molar-refractivity contribution in [2.75, 3.05) is 0 Å². The summed E-state index contributed by atoms with van der Waals surface area (Å²) in [5.74, 6) is 0.216. The number of urea groups is 1. The predicted molar refractivity (Wildman–Crippen MR) is 71.5 cm³/mol. The summed E-state index contributed by atoms with van der Waals surface area (Å²) in [5.41, 5.74) is 9.86. The predicted octanol–water partition coefficient (Wildman–Crippen LogP) is 0.238. The van der Waals surface area contributed by atoms with Gasteiger partial charge < -0.3 is 10.4 Å². The lowest BCUT2D eigenvalue weighted by Crippen LogP contribution is -2.67. The highest BCUT2D eigenvalue weighted by molar-refractivity contribution is 5.98. The van der Waals surface area contributed by atoms with Crippen molar-refractivity contribution in [3.8, 4) is 5.75 Å². The first-order chi connectivity index (χ1) is 9.06. The third-order valence-electron chi connectivity index (χ3n) is 2.86.